The van der Waals surface area contributed by atoms with Gasteiger partial charge in [-0.1, -0.05) is 6.07 Å². The minimum absolute atomic E-state index is 0.0518. The molecular weight excluding hydrogens is 318 g/mol. The monoisotopic (exact) mass is 335 g/mol. The first kappa shape index (κ1) is 15.3. The standard InChI is InChI=1S/C19H17N3O3/c1-12-2-5-17-16(8-12)22(19(24)11-25-17)10-18(23)21-14-3-4-15-13(9-14)6-7-20-15/h2-9,20H,10-11H2,1H3,(H,21,23). The molecule has 1 aliphatic heterocycles. The highest BCUT2D eigenvalue weighted by atomic mass is 16.5. The summed E-state index contributed by atoms with van der Waals surface area (Å²) in [5.41, 5.74) is 3.33. The van der Waals surface area contributed by atoms with E-state index in [-0.39, 0.29) is 25.0 Å². The van der Waals surface area contributed by atoms with Crippen molar-refractivity contribution in [2.75, 3.05) is 23.4 Å². The molecule has 0 aliphatic carbocycles. The largest absolute Gasteiger partial charge is 0.482 e. The van der Waals surface area contributed by atoms with E-state index in [4.69, 9.17) is 4.74 Å². The predicted octanol–water partition coefficient (Wildman–Crippen LogP) is 2.84. The van der Waals surface area contributed by atoms with Gasteiger partial charge < -0.3 is 15.0 Å². The van der Waals surface area contributed by atoms with Crippen LogP contribution < -0.4 is 15.0 Å². The molecule has 0 saturated carbocycles. The topological polar surface area (TPSA) is 74.4 Å². The summed E-state index contributed by atoms with van der Waals surface area (Å²) in [7, 11) is 0. The molecule has 0 saturated heterocycles. The van der Waals surface area contributed by atoms with Crippen molar-refractivity contribution in [3.05, 3.63) is 54.2 Å². The van der Waals surface area contributed by atoms with E-state index in [0.29, 0.717) is 17.1 Å². The van der Waals surface area contributed by atoms with Gasteiger partial charge in [0, 0.05) is 22.8 Å². The maximum absolute atomic E-state index is 12.4. The first-order valence-electron chi connectivity index (χ1n) is 8.01. The van der Waals surface area contributed by atoms with Gasteiger partial charge in [0.2, 0.25) is 5.91 Å². The molecule has 25 heavy (non-hydrogen) atoms. The fourth-order valence-corrected chi connectivity index (χ4v) is 2.96. The fraction of sp³-hybridized carbons (Fsp3) is 0.158. The van der Waals surface area contributed by atoms with E-state index in [1.807, 2.05) is 55.6 Å². The number of rotatable bonds is 3. The van der Waals surface area contributed by atoms with Crippen LogP contribution in [-0.4, -0.2) is 29.9 Å². The SMILES string of the molecule is Cc1ccc2c(c1)N(CC(=O)Nc1ccc3[nH]ccc3c1)C(=O)CO2. The Kier molecular flexibility index (Phi) is 3.65. The summed E-state index contributed by atoms with van der Waals surface area (Å²) in [6.45, 7) is 1.83. The molecule has 126 valence electrons. The average Bonchev–Trinajstić information content (AvgIpc) is 3.05. The van der Waals surface area contributed by atoms with Crippen molar-refractivity contribution in [2.24, 2.45) is 0 Å². The van der Waals surface area contributed by atoms with Gasteiger partial charge in [-0.25, -0.2) is 0 Å². The Morgan fingerprint density at radius 3 is 3.00 bits per heavy atom. The van der Waals surface area contributed by atoms with Gasteiger partial charge in [-0.15, -0.1) is 0 Å². The number of nitrogens with zero attached hydrogens (tertiary/aromatic N) is 1. The van der Waals surface area contributed by atoms with Gasteiger partial charge in [0.25, 0.3) is 5.91 Å². The Hall–Kier alpha value is -3.28. The number of aromatic amines is 1. The summed E-state index contributed by atoms with van der Waals surface area (Å²) in [6, 6.07) is 13.2. The lowest BCUT2D eigenvalue weighted by molar-refractivity contribution is -0.123. The molecule has 3 aromatic rings. The first-order valence-corrected chi connectivity index (χ1v) is 8.01. The Balaban J connectivity index is 1.54. The van der Waals surface area contributed by atoms with E-state index in [1.165, 1.54) is 4.90 Å². The third-order valence-corrected chi connectivity index (χ3v) is 4.20. The van der Waals surface area contributed by atoms with Crippen molar-refractivity contribution < 1.29 is 14.3 Å². The second kappa shape index (κ2) is 5.98. The van der Waals surface area contributed by atoms with E-state index in [9.17, 15) is 9.59 Å². The lowest BCUT2D eigenvalue weighted by atomic mass is 10.1. The van der Waals surface area contributed by atoms with E-state index >= 15 is 0 Å². The van der Waals surface area contributed by atoms with Gasteiger partial charge in [0.05, 0.1) is 5.69 Å². The third-order valence-electron chi connectivity index (χ3n) is 4.20. The van der Waals surface area contributed by atoms with Crippen LogP contribution in [0.1, 0.15) is 5.56 Å². The number of hydrogen-bond acceptors (Lipinski definition) is 3. The number of aromatic nitrogens is 1. The lowest BCUT2D eigenvalue weighted by Gasteiger charge is -2.29. The van der Waals surface area contributed by atoms with Gasteiger partial charge in [0.15, 0.2) is 6.61 Å². The molecular formula is C19H17N3O3. The number of anilines is 2. The summed E-state index contributed by atoms with van der Waals surface area (Å²) >= 11 is 0. The predicted molar refractivity (Wildman–Crippen MR) is 96.0 cm³/mol. The number of H-pyrrole nitrogens is 1. The molecule has 6 nitrogen and oxygen atoms in total. The highest BCUT2D eigenvalue weighted by molar-refractivity contribution is 6.05. The van der Waals surface area contributed by atoms with Crippen LogP contribution in [0, 0.1) is 6.92 Å². The van der Waals surface area contributed by atoms with Crippen LogP contribution >= 0.6 is 0 Å². The molecule has 2 amide bonds. The van der Waals surface area contributed by atoms with Crippen LogP contribution in [-0.2, 0) is 9.59 Å². The van der Waals surface area contributed by atoms with Crippen molar-refractivity contribution in [3.63, 3.8) is 0 Å². The summed E-state index contributed by atoms with van der Waals surface area (Å²) in [5, 5.41) is 3.86. The van der Waals surface area contributed by atoms with Crippen LogP contribution in [0.4, 0.5) is 11.4 Å². The molecule has 0 fully saturated rings. The maximum atomic E-state index is 12.4. The van der Waals surface area contributed by atoms with Gasteiger partial charge in [0.1, 0.15) is 12.3 Å². The smallest absolute Gasteiger partial charge is 0.265 e. The van der Waals surface area contributed by atoms with E-state index < -0.39 is 0 Å². The van der Waals surface area contributed by atoms with Crippen LogP contribution in [0.15, 0.2) is 48.7 Å². The quantitative estimate of drug-likeness (QED) is 0.773. The molecule has 1 aromatic heterocycles. The normalized spacial score (nSPS) is 13.5. The number of ether oxygens (including phenoxy) is 1. The molecule has 2 heterocycles. The zero-order valence-electron chi connectivity index (χ0n) is 13.7. The van der Waals surface area contributed by atoms with Gasteiger partial charge >= 0.3 is 0 Å². The Bertz CT molecular complexity index is 977. The molecule has 2 N–H and O–H groups in total. The number of benzene rings is 2. The summed E-state index contributed by atoms with van der Waals surface area (Å²) in [4.78, 5) is 29.2. The van der Waals surface area contributed by atoms with Crippen molar-refractivity contribution >= 4 is 34.1 Å². The first-order chi connectivity index (χ1) is 12.1. The van der Waals surface area contributed by atoms with Crippen molar-refractivity contribution in [1.29, 1.82) is 0 Å². The molecule has 6 heteroatoms. The second-order valence-corrected chi connectivity index (χ2v) is 6.07. The minimum Gasteiger partial charge on any atom is -0.482 e. The fourth-order valence-electron chi connectivity index (χ4n) is 2.96. The van der Waals surface area contributed by atoms with E-state index in [2.05, 4.69) is 10.3 Å². The number of fused-ring (bicyclic) bond motifs is 2. The van der Waals surface area contributed by atoms with Crippen LogP contribution in [0.2, 0.25) is 0 Å². The number of carbonyl (C=O) groups is 2. The summed E-state index contributed by atoms with van der Waals surface area (Å²) in [5.74, 6) is 0.138. The number of nitrogens with one attached hydrogen (secondary N) is 2. The van der Waals surface area contributed by atoms with Gasteiger partial charge in [-0.3, -0.25) is 14.5 Å². The lowest BCUT2D eigenvalue weighted by Crippen LogP contribution is -2.43. The average molecular weight is 335 g/mol. The number of amides is 2. The molecule has 0 unspecified atom stereocenters. The highest BCUT2D eigenvalue weighted by Crippen LogP contribution is 2.32. The highest BCUT2D eigenvalue weighted by Gasteiger charge is 2.27. The zero-order chi connectivity index (χ0) is 17.4. The summed E-state index contributed by atoms with van der Waals surface area (Å²) < 4.78 is 5.43. The number of carbonyl (C=O) groups excluding carboxylic acids is 2. The van der Waals surface area contributed by atoms with Gasteiger partial charge in [-0.05, 0) is 48.9 Å². The molecule has 4 rings (SSSR count). The number of hydrogen-bond donors (Lipinski definition) is 2. The molecule has 0 atom stereocenters. The zero-order valence-corrected chi connectivity index (χ0v) is 13.7. The van der Waals surface area contributed by atoms with Crippen molar-refractivity contribution in [2.45, 2.75) is 6.92 Å². The van der Waals surface area contributed by atoms with E-state index in [0.717, 1.165) is 16.5 Å². The Morgan fingerprint density at radius 2 is 2.12 bits per heavy atom. The van der Waals surface area contributed by atoms with Crippen molar-refractivity contribution in [3.8, 4) is 5.75 Å². The Labute approximate surface area is 144 Å². The second-order valence-electron chi connectivity index (χ2n) is 6.07. The molecule has 1 aliphatic rings. The molecule has 2 aromatic carbocycles. The van der Waals surface area contributed by atoms with Gasteiger partial charge in [-0.2, -0.15) is 0 Å². The van der Waals surface area contributed by atoms with Crippen molar-refractivity contribution in [1.82, 2.24) is 4.98 Å². The molecule has 0 bridgehead atoms. The number of aryl methyl sites for hydroxylation is 1. The maximum Gasteiger partial charge on any atom is 0.265 e. The molecule has 0 radical (unpaired) electrons. The third kappa shape index (κ3) is 2.94. The minimum atomic E-state index is -0.252. The molecule has 0 spiro atoms. The van der Waals surface area contributed by atoms with Crippen LogP contribution in [0.25, 0.3) is 10.9 Å². The van der Waals surface area contributed by atoms with E-state index in [1.54, 1.807) is 0 Å². The van der Waals surface area contributed by atoms with Crippen LogP contribution in [0.5, 0.6) is 5.75 Å². The summed E-state index contributed by atoms with van der Waals surface area (Å²) in [6.07, 6.45) is 1.85. The van der Waals surface area contributed by atoms with Crippen LogP contribution in [0.3, 0.4) is 0 Å². The Morgan fingerprint density at radius 1 is 1.24 bits per heavy atom.